The van der Waals surface area contributed by atoms with E-state index in [0.29, 0.717) is 5.69 Å². The van der Waals surface area contributed by atoms with Crippen LogP contribution in [0.25, 0.3) is 0 Å². The molecular formula is C10H12Br2N2O5S. The average Bonchev–Trinajstić information content (AvgIpc) is 2.33. The summed E-state index contributed by atoms with van der Waals surface area (Å²) in [5.41, 5.74) is 5.95. The van der Waals surface area contributed by atoms with Crippen molar-refractivity contribution < 1.29 is 23.1 Å². The van der Waals surface area contributed by atoms with Crippen molar-refractivity contribution in [3.8, 4) is 0 Å². The molecule has 0 spiro atoms. The second-order valence-electron chi connectivity index (χ2n) is 3.70. The van der Waals surface area contributed by atoms with Crippen molar-refractivity contribution in [3.63, 3.8) is 0 Å². The van der Waals surface area contributed by atoms with Crippen molar-refractivity contribution in [2.45, 2.75) is 11.0 Å². The Morgan fingerprint density at radius 2 is 1.95 bits per heavy atom. The van der Waals surface area contributed by atoms with E-state index in [1.807, 2.05) is 0 Å². The smallest absolute Gasteiger partial charge is 0.336 e. The van der Waals surface area contributed by atoms with Crippen molar-refractivity contribution in [1.82, 2.24) is 4.72 Å². The predicted octanol–water partition coefficient (Wildman–Crippen LogP) is 0.606. The Hall–Kier alpha value is -0.680. The Bertz CT molecular complexity index is 597. The number of rotatable bonds is 5. The number of esters is 1. The van der Waals surface area contributed by atoms with E-state index in [0.717, 1.165) is 7.11 Å². The van der Waals surface area contributed by atoms with Crippen LogP contribution in [0.4, 0.5) is 5.69 Å². The van der Waals surface area contributed by atoms with E-state index in [4.69, 9.17) is 5.73 Å². The van der Waals surface area contributed by atoms with Crippen LogP contribution in [0.15, 0.2) is 26.0 Å². The number of nitrogens with two attached hydrogens (primary N) is 1. The molecule has 0 aliphatic heterocycles. The molecular weight excluding hydrogens is 420 g/mol. The summed E-state index contributed by atoms with van der Waals surface area (Å²) in [6, 6.07) is 2.85. The standard InChI is InChI=1S/C10H12Br2N2O5S/c1-19-10(16)8(15)4-14-20(17,18)9-6(11)2-5(13)3-7(9)12/h2-3,8,14-15H,4,13H2,1H3. The van der Waals surface area contributed by atoms with Gasteiger partial charge in [0.1, 0.15) is 4.90 Å². The van der Waals surface area contributed by atoms with Crippen molar-refractivity contribution in [1.29, 1.82) is 0 Å². The fraction of sp³-hybridized carbons (Fsp3) is 0.300. The van der Waals surface area contributed by atoms with Crippen LogP contribution in [-0.2, 0) is 19.6 Å². The number of carbonyl (C=O) groups is 1. The van der Waals surface area contributed by atoms with Gasteiger partial charge in [0.2, 0.25) is 10.0 Å². The number of nitrogens with one attached hydrogen (secondary N) is 1. The maximum absolute atomic E-state index is 12.1. The molecule has 1 unspecified atom stereocenters. The summed E-state index contributed by atoms with van der Waals surface area (Å²) in [7, 11) is -2.85. The van der Waals surface area contributed by atoms with Crippen LogP contribution in [0.3, 0.4) is 0 Å². The number of aliphatic hydroxyl groups is 1. The van der Waals surface area contributed by atoms with Gasteiger partial charge in [-0.05, 0) is 44.0 Å². The molecule has 0 heterocycles. The van der Waals surface area contributed by atoms with Crippen molar-refractivity contribution >= 4 is 53.5 Å². The zero-order valence-electron chi connectivity index (χ0n) is 10.3. The van der Waals surface area contributed by atoms with Gasteiger partial charge in [0.15, 0.2) is 6.10 Å². The Labute approximate surface area is 132 Å². The lowest BCUT2D eigenvalue weighted by Crippen LogP contribution is -2.37. The van der Waals surface area contributed by atoms with Gasteiger partial charge in [0.25, 0.3) is 0 Å². The Morgan fingerprint density at radius 3 is 2.40 bits per heavy atom. The van der Waals surface area contributed by atoms with Gasteiger partial charge >= 0.3 is 5.97 Å². The molecule has 0 aliphatic rings. The van der Waals surface area contributed by atoms with Gasteiger partial charge in [-0.15, -0.1) is 0 Å². The van der Waals surface area contributed by atoms with Gasteiger partial charge in [-0.1, -0.05) is 0 Å². The number of carbonyl (C=O) groups excluding carboxylic acids is 1. The molecule has 7 nitrogen and oxygen atoms in total. The van der Waals surface area contributed by atoms with Crippen LogP contribution in [0.1, 0.15) is 0 Å². The van der Waals surface area contributed by atoms with Crippen LogP contribution in [0, 0.1) is 0 Å². The summed E-state index contributed by atoms with van der Waals surface area (Å²) < 4.78 is 31.2. The SMILES string of the molecule is COC(=O)C(O)CNS(=O)(=O)c1c(Br)cc(N)cc1Br. The van der Waals surface area contributed by atoms with Gasteiger partial charge in [0, 0.05) is 21.2 Å². The molecule has 1 atom stereocenters. The monoisotopic (exact) mass is 430 g/mol. The molecule has 0 amide bonds. The third kappa shape index (κ3) is 4.16. The lowest BCUT2D eigenvalue weighted by atomic mass is 10.3. The highest BCUT2D eigenvalue weighted by atomic mass is 79.9. The van der Waals surface area contributed by atoms with Crippen LogP contribution in [0.2, 0.25) is 0 Å². The first kappa shape index (κ1) is 17.4. The molecule has 112 valence electrons. The van der Waals surface area contributed by atoms with E-state index >= 15 is 0 Å². The fourth-order valence-electron chi connectivity index (χ4n) is 1.32. The van der Waals surface area contributed by atoms with Gasteiger partial charge < -0.3 is 15.6 Å². The molecule has 0 radical (unpaired) electrons. The summed E-state index contributed by atoms with van der Waals surface area (Å²) in [4.78, 5) is 10.9. The number of ether oxygens (including phenoxy) is 1. The summed E-state index contributed by atoms with van der Waals surface area (Å²) in [5.74, 6) is -0.928. The fourth-order valence-corrected chi connectivity index (χ4v) is 4.97. The lowest BCUT2D eigenvalue weighted by molar-refractivity contribution is -0.149. The minimum Gasteiger partial charge on any atom is -0.467 e. The summed E-state index contributed by atoms with van der Waals surface area (Å²) >= 11 is 6.20. The topological polar surface area (TPSA) is 119 Å². The van der Waals surface area contributed by atoms with Crippen LogP contribution in [0.5, 0.6) is 0 Å². The molecule has 10 heteroatoms. The molecule has 0 bridgehead atoms. The third-order valence-corrected chi connectivity index (χ3v) is 5.53. The Kier molecular flexibility index (Phi) is 5.95. The number of nitrogen functional groups attached to an aromatic ring is 1. The molecule has 1 rings (SSSR count). The quantitative estimate of drug-likeness (QED) is 0.464. The number of methoxy groups -OCH3 is 1. The van der Waals surface area contributed by atoms with E-state index < -0.39 is 28.6 Å². The van der Waals surface area contributed by atoms with Gasteiger partial charge in [-0.25, -0.2) is 17.9 Å². The van der Waals surface area contributed by atoms with Gasteiger partial charge in [0.05, 0.1) is 7.11 Å². The van der Waals surface area contributed by atoms with Crippen molar-refractivity contribution in [2.75, 3.05) is 19.4 Å². The molecule has 0 aromatic heterocycles. The lowest BCUT2D eigenvalue weighted by Gasteiger charge is -2.13. The number of halogens is 2. The van der Waals surface area contributed by atoms with Gasteiger partial charge in [-0.3, -0.25) is 0 Å². The maximum Gasteiger partial charge on any atom is 0.336 e. The zero-order chi connectivity index (χ0) is 15.5. The Balaban J connectivity index is 2.98. The Morgan fingerprint density at radius 1 is 1.45 bits per heavy atom. The largest absolute Gasteiger partial charge is 0.467 e. The second-order valence-corrected chi connectivity index (χ2v) is 7.12. The number of anilines is 1. The molecule has 0 saturated carbocycles. The summed E-state index contributed by atoms with van der Waals surface area (Å²) in [6.45, 7) is -0.502. The van der Waals surface area contributed by atoms with E-state index in [1.54, 1.807) is 0 Å². The highest BCUT2D eigenvalue weighted by molar-refractivity contribution is 9.11. The van der Waals surface area contributed by atoms with Crippen molar-refractivity contribution in [3.05, 3.63) is 21.1 Å². The molecule has 4 N–H and O–H groups in total. The molecule has 1 aromatic carbocycles. The molecule has 1 aromatic rings. The van der Waals surface area contributed by atoms with Crippen LogP contribution < -0.4 is 10.5 Å². The van der Waals surface area contributed by atoms with Crippen LogP contribution >= 0.6 is 31.9 Å². The van der Waals surface area contributed by atoms with E-state index in [-0.39, 0.29) is 13.8 Å². The highest BCUT2D eigenvalue weighted by Gasteiger charge is 2.24. The molecule has 0 saturated heterocycles. The van der Waals surface area contributed by atoms with E-state index in [9.17, 15) is 18.3 Å². The first-order chi connectivity index (χ1) is 9.19. The minimum atomic E-state index is -3.94. The van der Waals surface area contributed by atoms with Crippen molar-refractivity contribution in [2.24, 2.45) is 0 Å². The third-order valence-electron chi connectivity index (χ3n) is 2.23. The average molecular weight is 432 g/mol. The van der Waals surface area contributed by atoms with Crippen LogP contribution in [-0.4, -0.2) is 39.3 Å². The number of hydrogen-bond acceptors (Lipinski definition) is 6. The molecule has 20 heavy (non-hydrogen) atoms. The second kappa shape index (κ2) is 6.85. The zero-order valence-corrected chi connectivity index (χ0v) is 14.2. The maximum atomic E-state index is 12.1. The first-order valence-electron chi connectivity index (χ1n) is 5.19. The first-order valence-corrected chi connectivity index (χ1v) is 8.26. The van der Waals surface area contributed by atoms with Gasteiger partial charge in [-0.2, -0.15) is 0 Å². The number of benzene rings is 1. The number of hydrogen-bond donors (Lipinski definition) is 3. The number of sulfonamides is 1. The summed E-state index contributed by atoms with van der Waals surface area (Å²) in [5, 5.41) is 9.37. The molecule has 0 fully saturated rings. The normalized spacial score (nSPS) is 13.0. The highest BCUT2D eigenvalue weighted by Crippen LogP contribution is 2.32. The summed E-state index contributed by atoms with van der Waals surface area (Å²) in [6.07, 6.45) is -1.58. The molecule has 0 aliphatic carbocycles. The predicted molar refractivity (Wildman–Crippen MR) is 79.5 cm³/mol. The van der Waals surface area contributed by atoms with E-state index in [1.165, 1.54) is 12.1 Å². The van der Waals surface area contributed by atoms with E-state index in [2.05, 4.69) is 41.3 Å². The minimum absolute atomic E-state index is 0.0798. The number of aliphatic hydroxyl groups excluding tert-OH is 1.